The van der Waals surface area contributed by atoms with Gasteiger partial charge in [0.05, 0.1) is 101 Å². The number of alkyl halides is 3. The first kappa shape index (κ1) is 55.1. The molecule has 458 valence electrons. The first-order chi connectivity index (χ1) is 48.2. The topological polar surface area (TPSA) is 57.7 Å². The van der Waals surface area contributed by atoms with Gasteiger partial charge in [-0.1, -0.05) is 188 Å². The van der Waals surface area contributed by atoms with Gasteiger partial charge < -0.3 is 27.4 Å². The van der Waals surface area contributed by atoms with Crippen molar-refractivity contribution < 1.29 is 13.2 Å². The van der Waals surface area contributed by atoms with Crippen LogP contribution in [-0.4, -0.2) is 27.4 Å². The standard InChI is InChI=1S/C87H49F3N8/c1-92-70-28-18-27-69(87(88,89)90)85(70)86-83(97-79-47-53(93-71-29-10-2-19-57(71)58-20-3-11-30-72(58)93)37-41-65(79)66-42-38-54(48-80(66)97)94-73-31-12-4-21-59(73)60-22-5-13-32-74(60)94)45-52(51-91)46-84(86)98-81-49-55(95-75-33-14-6-23-61(75)62-24-7-15-34-76(62)95)39-43-67(81)68-44-40-56(50-82(68)98)96-77-35-16-8-25-63(77)64-26-9-17-36-78(64)96/h2-50H. The molecule has 0 aliphatic rings. The van der Waals surface area contributed by atoms with Gasteiger partial charge in [-0.25, -0.2) is 4.85 Å². The van der Waals surface area contributed by atoms with E-state index in [-0.39, 0.29) is 33.8 Å². The number of hydrogen-bond donors (Lipinski definition) is 0. The van der Waals surface area contributed by atoms with Crippen LogP contribution in [0.25, 0.3) is 181 Å². The highest BCUT2D eigenvalue weighted by Crippen LogP contribution is 2.51. The Morgan fingerprint density at radius 3 is 0.776 bits per heavy atom. The summed E-state index contributed by atoms with van der Waals surface area (Å²) in [6.45, 7) is 8.97. The fourth-order valence-corrected chi connectivity index (χ4v) is 16.3. The molecule has 8 nitrogen and oxygen atoms in total. The minimum Gasteiger partial charge on any atom is -0.309 e. The van der Waals surface area contributed by atoms with Crippen LogP contribution in [0.15, 0.2) is 297 Å². The van der Waals surface area contributed by atoms with Crippen LogP contribution in [0.5, 0.6) is 0 Å². The molecule has 0 amide bonds. The Bertz CT molecular complexity index is 6040. The van der Waals surface area contributed by atoms with Gasteiger partial charge >= 0.3 is 6.18 Å². The van der Waals surface area contributed by atoms with Gasteiger partial charge in [-0.05, 0) is 109 Å². The first-order valence-corrected chi connectivity index (χ1v) is 32.5. The lowest BCUT2D eigenvalue weighted by atomic mass is 9.92. The van der Waals surface area contributed by atoms with Gasteiger partial charge in [-0.15, -0.1) is 0 Å². The van der Waals surface area contributed by atoms with Gasteiger partial charge in [0.2, 0.25) is 0 Å². The van der Waals surface area contributed by atoms with Crippen molar-refractivity contribution in [3.05, 3.63) is 320 Å². The van der Waals surface area contributed by atoms with Gasteiger partial charge in [-0.2, -0.15) is 18.4 Å². The monoisotopic (exact) mass is 1260 g/mol. The zero-order chi connectivity index (χ0) is 65.2. The quantitative estimate of drug-likeness (QED) is 0.147. The maximum Gasteiger partial charge on any atom is 0.415 e. The van der Waals surface area contributed by atoms with Crippen molar-refractivity contribution in [1.82, 2.24) is 27.4 Å². The van der Waals surface area contributed by atoms with Crippen LogP contribution in [0.1, 0.15) is 11.1 Å². The van der Waals surface area contributed by atoms with Gasteiger partial charge in [0.1, 0.15) is 0 Å². The molecule has 6 aromatic heterocycles. The molecule has 0 spiro atoms. The van der Waals surface area contributed by atoms with Gasteiger partial charge in [-0.3, -0.25) is 0 Å². The molecule has 0 unspecified atom stereocenters. The molecule has 98 heavy (non-hydrogen) atoms. The highest BCUT2D eigenvalue weighted by molar-refractivity contribution is 6.17. The summed E-state index contributed by atoms with van der Waals surface area (Å²) >= 11 is 0. The highest BCUT2D eigenvalue weighted by Gasteiger charge is 2.38. The summed E-state index contributed by atoms with van der Waals surface area (Å²) in [6, 6.07) is 102. The summed E-state index contributed by atoms with van der Waals surface area (Å²) < 4.78 is 63.6. The molecule has 0 atom stereocenters. The Hall–Kier alpha value is -13.4. The predicted molar refractivity (Wildman–Crippen MR) is 394 cm³/mol. The minimum atomic E-state index is -4.97. The van der Waals surface area contributed by atoms with Crippen molar-refractivity contribution in [2.24, 2.45) is 0 Å². The van der Waals surface area contributed by atoms with Crippen LogP contribution in [0.2, 0.25) is 0 Å². The second-order valence-corrected chi connectivity index (χ2v) is 25.3. The molecule has 0 saturated heterocycles. The molecule has 20 aromatic rings. The van der Waals surface area contributed by atoms with Gasteiger partial charge in [0.25, 0.3) is 0 Å². The second kappa shape index (κ2) is 20.6. The van der Waals surface area contributed by atoms with Crippen molar-refractivity contribution >= 4 is 137 Å². The smallest absolute Gasteiger partial charge is 0.309 e. The number of nitriles is 1. The molecule has 0 aliphatic carbocycles. The maximum atomic E-state index is 16.8. The molecule has 0 radical (unpaired) electrons. The summed E-state index contributed by atoms with van der Waals surface area (Å²) in [5.41, 5.74) is 13.1. The molecule has 14 aromatic carbocycles. The van der Waals surface area contributed by atoms with Crippen LogP contribution in [-0.2, 0) is 6.18 Å². The van der Waals surface area contributed by atoms with Gasteiger partial charge in [0.15, 0.2) is 5.69 Å². The number of hydrogen-bond acceptors (Lipinski definition) is 1. The molecule has 0 aliphatic heterocycles. The maximum absolute atomic E-state index is 16.8. The zero-order valence-electron chi connectivity index (χ0n) is 52.0. The average Bonchev–Trinajstić information content (AvgIpc) is 1.68. The molecule has 0 saturated carbocycles. The van der Waals surface area contributed by atoms with E-state index in [4.69, 9.17) is 6.57 Å². The summed E-state index contributed by atoms with van der Waals surface area (Å²) in [4.78, 5) is 4.03. The van der Waals surface area contributed by atoms with E-state index in [2.05, 4.69) is 208 Å². The van der Waals surface area contributed by atoms with E-state index in [9.17, 15) is 5.26 Å². The molecule has 0 bridgehead atoms. The normalized spacial score (nSPS) is 12.2. The third-order valence-electron chi connectivity index (χ3n) is 20.2. The van der Waals surface area contributed by atoms with Crippen molar-refractivity contribution in [2.45, 2.75) is 6.18 Å². The van der Waals surface area contributed by atoms with E-state index in [0.29, 0.717) is 22.1 Å². The van der Waals surface area contributed by atoms with E-state index in [0.717, 1.165) is 138 Å². The largest absolute Gasteiger partial charge is 0.415 e. The number of fused-ring (bicyclic) bond motifs is 18. The van der Waals surface area contributed by atoms with Crippen molar-refractivity contribution in [2.75, 3.05) is 0 Å². The van der Waals surface area contributed by atoms with Crippen LogP contribution in [0.4, 0.5) is 18.9 Å². The highest BCUT2D eigenvalue weighted by atomic mass is 19.4. The van der Waals surface area contributed by atoms with E-state index in [1.54, 1.807) is 12.1 Å². The van der Waals surface area contributed by atoms with Crippen LogP contribution in [0.3, 0.4) is 0 Å². The second-order valence-electron chi connectivity index (χ2n) is 25.3. The average molecular weight is 1260 g/mol. The lowest BCUT2D eigenvalue weighted by Gasteiger charge is -2.24. The Morgan fingerprint density at radius 2 is 0.531 bits per heavy atom. The fraction of sp³-hybridized carbons (Fsp3) is 0.0115. The molecule has 6 heterocycles. The van der Waals surface area contributed by atoms with Crippen molar-refractivity contribution in [1.29, 1.82) is 5.26 Å². The molecular weight excluding hydrogens is 1210 g/mol. The van der Waals surface area contributed by atoms with Gasteiger partial charge in [0, 0.05) is 98.5 Å². The summed E-state index contributed by atoms with van der Waals surface area (Å²) in [6.07, 6.45) is -4.97. The number of benzene rings is 14. The Morgan fingerprint density at radius 1 is 0.276 bits per heavy atom. The van der Waals surface area contributed by atoms with Crippen LogP contribution < -0.4 is 0 Å². The van der Waals surface area contributed by atoms with E-state index < -0.39 is 11.7 Å². The predicted octanol–water partition coefficient (Wildman–Crippen LogP) is 23.4. The van der Waals surface area contributed by atoms with Crippen LogP contribution in [0, 0.1) is 17.9 Å². The zero-order valence-corrected chi connectivity index (χ0v) is 52.0. The lowest BCUT2D eigenvalue weighted by Crippen LogP contribution is -2.11. The van der Waals surface area contributed by atoms with Crippen molar-refractivity contribution in [3.63, 3.8) is 0 Å². The summed E-state index contributed by atoms with van der Waals surface area (Å²) in [7, 11) is 0. The Balaban J connectivity index is 0.978. The van der Waals surface area contributed by atoms with E-state index in [1.807, 2.05) is 97.1 Å². The summed E-state index contributed by atoms with van der Waals surface area (Å²) in [5, 5.41) is 23.7. The molecule has 0 fully saturated rings. The molecular formula is C87H49F3N8. The number of para-hydroxylation sites is 8. The molecule has 0 N–H and O–H groups in total. The fourth-order valence-electron chi connectivity index (χ4n) is 16.3. The SMILES string of the molecule is [C-]#[N+]c1cccc(C(F)(F)F)c1-c1c(-n2c3cc(-n4c5ccccc5c5ccccc54)ccc3c3ccc(-n4c5ccccc5c5ccccc54)cc32)cc(C#N)cc1-n1c2cc(-n3c4ccccc4c4ccccc43)ccc2c2ccc(-n3c4ccccc4c4ccccc43)cc21. The number of aromatic nitrogens is 6. The molecule has 11 heteroatoms. The minimum absolute atomic E-state index is 0.106. The van der Waals surface area contributed by atoms with E-state index in [1.165, 1.54) is 12.1 Å². The number of halogens is 3. The Labute approximate surface area is 556 Å². The van der Waals surface area contributed by atoms with Crippen molar-refractivity contribution in [3.8, 4) is 51.3 Å². The van der Waals surface area contributed by atoms with Crippen LogP contribution >= 0.6 is 0 Å². The third-order valence-corrected chi connectivity index (χ3v) is 20.2. The third kappa shape index (κ3) is 7.75. The lowest BCUT2D eigenvalue weighted by molar-refractivity contribution is -0.137. The Kier molecular flexibility index (Phi) is 11.6. The number of rotatable bonds is 7. The molecule has 20 rings (SSSR count). The summed E-state index contributed by atoms with van der Waals surface area (Å²) in [5.74, 6) is 0. The first-order valence-electron chi connectivity index (χ1n) is 32.5. The number of nitrogens with zero attached hydrogens (tertiary/aromatic N) is 8. The van der Waals surface area contributed by atoms with E-state index >= 15 is 13.2 Å².